The summed E-state index contributed by atoms with van der Waals surface area (Å²) in [6.07, 6.45) is 0. The number of nitrogens with zero attached hydrogens (tertiary/aromatic N) is 2. The highest BCUT2D eigenvalue weighted by atomic mass is 35.5. The summed E-state index contributed by atoms with van der Waals surface area (Å²) in [6, 6.07) is 7.65. The number of rotatable bonds is 2. The van der Waals surface area contributed by atoms with E-state index in [4.69, 9.17) is 11.6 Å². The summed E-state index contributed by atoms with van der Waals surface area (Å²) < 4.78 is 23.2. The van der Waals surface area contributed by atoms with Crippen molar-refractivity contribution in [3.63, 3.8) is 0 Å². The van der Waals surface area contributed by atoms with Crippen LogP contribution in [0, 0.1) is 0 Å². The van der Waals surface area contributed by atoms with E-state index in [-0.39, 0.29) is 23.6 Å². The minimum absolute atomic E-state index is 0.00810. The summed E-state index contributed by atoms with van der Waals surface area (Å²) in [4.78, 5) is 6.55. The quantitative estimate of drug-likeness (QED) is 0.832. The van der Waals surface area contributed by atoms with Crippen LogP contribution in [0.3, 0.4) is 0 Å². The highest BCUT2D eigenvalue weighted by Crippen LogP contribution is 2.31. The van der Waals surface area contributed by atoms with Gasteiger partial charge in [-0.05, 0) is 11.6 Å². The lowest BCUT2D eigenvalue weighted by Crippen LogP contribution is -2.35. The van der Waals surface area contributed by atoms with E-state index in [0.717, 1.165) is 21.5 Å². The van der Waals surface area contributed by atoms with E-state index >= 15 is 0 Å². The van der Waals surface area contributed by atoms with E-state index in [2.05, 4.69) is 4.99 Å². The Morgan fingerprint density at radius 3 is 2.85 bits per heavy atom. The van der Waals surface area contributed by atoms with Gasteiger partial charge in [0.25, 0.3) is 0 Å². The third-order valence-electron chi connectivity index (χ3n) is 3.68. The van der Waals surface area contributed by atoms with Crippen LogP contribution in [0.2, 0.25) is 5.02 Å². The van der Waals surface area contributed by atoms with E-state index in [1.165, 1.54) is 0 Å². The Morgan fingerprint density at radius 1 is 1.40 bits per heavy atom. The molecule has 0 aromatic heterocycles. The van der Waals surface area contributed by atoms with Gasteiger partial charge >= 0.3 is 0 Å². The molecule has 2 unspecified atom stereocenters. The van der Waals surface area contributed by atoms with Crippen molar-refractivity contribution in [2.45, 2.75) is 17.8 Å². The summed E-state index contributed by atoms with van der Waals surface area (Å²) >= 11 is 7.75. The number of halogens is 1. The molecular formula is C13H15ClN2O2S2. The molecule has 0 spiro atoms. The second-order valence-electron chi connectivity index (χ2n) is 5.11. The molecule has 0 amide bonds. The van der Waals surface area contributed by atoms with Crippen molar-refractivity contribution in [2.24, 2.45) is 4.99 Å². The lowest BCUT2D eigenvalue weighted by molar-refractivity contribution is 0.410. The predicted molar refractivity (Wildman–Crippen MR) is 84.2 cm³/mol. The molecule has 0 radical (unpaired) electrons. The van der Waals surface area contributed by atoms with Gasteiger partial charge in [-0.15, -0.1) is 0 Å². The van der Waals surface area contributed by atoms with Crippen molar-refractivity contribution < 1.29 is 8.42 Å². The topological polar surface area (TPSA) is 49.7 Å². The Balaban J connectivity index is 1.69. The first-order valence-electron chi connectivity index (χ1n) is 6.33. The zero-order valence-electron chi connectivity index (χ0n) is 11.0. The molecular weight excluding hydrogens is 316 g/mol. The molecule has 1 saturated heterocycles. The number of hydrogen-bond donors (Lipinski definition) is 0. The van der Waals surface area contributed by atoms with Gasteiger partial charge in [-0.25, -0.2) is 8.42 Å². The maximum Gasteiger partial charge on any atom is 0.159 e. The average Bonchev–Trinajstić information content (AvgIpc) is 2.83. The fourth-order valence-corrected chi connectivity index (χ4v) is 5.86. The molecule has 3 rings (SSSR count). The van der Waals surface area contributed by atoms with Gasteiger partial charge in [-0.1, -0.05) is 41.6 Å². The highest BCUT2D eigenvalue weighted by Gasteiger charge is 2.44. The maximum atomic E-state index is 11.6. The predicted octanol–water partition coefficient (Wildman–Crippen LogP) is 2.04. The van der Waals surface area contributed by atoms with Crippen LogP contribution < -0.4 is 0 Å². The van der Waals surface area contributed by atoms with Crippen LogP contribution in [-0.2, 0) is 15.6 Å². The average molecular weight is 331 g/mol. The van der Waals surface area contributed by atoms with E-state index < -0.39 is 9.84 Å². The van der Waals surface area contributed by atoms with E-state index in [1.807, 2.05) is 36.2 Å². The SMILES string of the molecule is CN1C(SCc2ccccc2Cl)=NC2CS(=O)(=O)CC21. The molecule has 1 fully saturated rings. The highest BCUT2D eigenvalue weighted by molar-refractivity contribution is 8.13. The third kappa shape index (κ3) is 2.69. The van der Waals surface area contributed by atoms with Crippen LogP contribution in [-0.4, -0.2) is 49.1 Å². The van der Waals surface area contributed by atoms with Gasteiger partial charge in [0.15, 0.2) is 15.0 Å². The Bertz CT molecular complexity index is 660. The van der Waals surface area contributed by atoms with Gasteiger partial charge in [0.2, 0.25) is 0 Å². The number of hydrogen-bond acceptors (Lipinski definition) is 5. The molecule has 2 atom stereocenters. The van der Waals surface area contributed by atoms with Crippen molar-refractivity contribution in [2.75, 3.05) is 18.6 Å². The number of amidine groups is 1. The fourth-order valence-electron chi connectivity index (χ4n) is 2.58. The normalized spacial score (nSPS) is 27.5. The summed E-state index contributed by atoms with van der Waals surface area (Å²) in [5, 5.41) is 1.67. The number of fused-ring (bicyclic) bond motifs is 1. The van der Waals surface area contributed by atoms with Gasteiger partial charge in [0.05, 0.1) is 23.6 Å². The number of likely N-dealkylation sites (N-methyl/N-ethyl adjacent to an activating group) is 1. The van der Waals surface area contributed by atoms with Gasteiger partial charge < -0.3 is 4.90 Å². The molecule has 2 aliphatic rings. The molecule has 2 aliphatic heterocycles. The first kappa shape index (κ1) is 14.2. The van der Waals surface area contributed by atoms with Gasteiger partial charge in [0, 0.05) is 17.8 Å². The fraction of sp³-hybridized carbons (Fsp3) is 0.462. The Labute approximate surface area is 128 Å². The van der Waals surface area contributed by atoms with Crippen LogP contribution in [0.4, 0.5) is 0 Å². The second-order valence-corrected chi connectivity index (χ2v) is 8.62. The minimum Gasteiger partial charge on any atom is -0.348 e. The lowest BCUT2D eigenvalue weighted by Gasteiger charge is -2.20. The van der Waals surface area contributed by atoms with Crippen molar-refractivity contribution in [1.29, 1.82) is 0 Å². The molecule has 1 aromatic carbocycles. The lowest BCUT2D eigenvalue weighted by atomic mass is 10.2. The molecule has 108 valence electrons. The Kier molecular flexibility index (Phi) is 3.73. The molecule has 7 heteroatoms. The number of benzene rings is 1. The third-order valence-corrected chi connectivity index (χ3v) is 6.86. The van der Waals surface area contributed by atoms with Crippen LogP contribution in [0.1, 0.15) is 5.56 Å². The zero-order chi connectivity index (χ0) is 14.3. The Morgan fingerprint density at radius 2 is 2.15 bits per heavy atom. The Hall–Kier alpha value is -0.720. The maximum absolute atomic E-state index is 11.6. The first-order chi connectivity index (χ1) is 9.46. The van der Waals surface area contributed by atoms with Crippen LogP contribution in [0.5, 0.6) is 0 Å². The van der Waals surface area contributed by atoms with Crippen molar-refractivity contribution in [3.05, 3.63) is 34.9 Å². The molecule has 2 heterocycles. The zero-order valence-corrected chi connectivity index (χ0v) is 13.4. The van der Waals surface area contributed by atoms with Crippen molar-refractivity contribution >= 4 is 38.4 Å². The van der Waals surface area contributed by atoms with Gasteiger partial charge in [-0.2, -0.15) is 0 Å². The van der Waals surface area contributed by atoms with E-state index in [9.17, 15) is 8.42 Å². The largest absolute Gasteiger partial charge is 0.348 e. The van der Waals surface area contributed by atoms with Gasteiger partial charge in [-0.3, -0.25) is 4.99 Å². The monoisotopic (exact) mass is 330 g/mol. The standard InChI is InChI=1S/C13H15ClN2O2S2/c1-16-12-8-20(17,18)7-11(12)15-13(16)19-6-9-4-2-3-5-10(9)14/h2-5,11-12H,6-8H2,1H3. The minimum atomic E-state index is -2.91. The first-order valence-corrected chi connectivity index (χ1v) is 9.52. The van der Waals surface area contributed by atoms with Crippen LogP contribution >= 0.6 is 23.4 Å². The van der Waals surface area contributed by atoms with Crippen LogP contribution in [0.25, 0.3) is 0 Å². The van der Waals surface area contributed by atoms with Crippen LogP contribution in [0.15, 0.2) is 29.3 Å². The molecule has 0 bridgehead atoms. The van der Waals surface area contributed by atoms with Crippen molar-refractivity contribution in [1.82, 2.24) is 4.90 Å². The molecule has 0 saturated carbocycles. The van der Waals surface area contributed by atoms with Crippen molar-refractivity contribution in [3.8, 4) is 0 Å². The second kappa shape index (κ2) is 5.24. The molecule has 0 N–H and O–H groups in total. The number of thioether (sulfide) groups is 1. The van der Waals surface area contributed by atoms with E-state index in [0.29, 0.717) is 0 Å². The molecule has 1 aromatic rings. The molecule has 20 heavy (non-hydrogen) atoms. The van der Waals surface area contributed by atoms with E-state index in [1.54, 1.807) is 11.8 Å². The van der Waals surface area contributed by atoms with Gasteiger partial charge in [0.1, 0.15) is 0 Å². The summed E-state index contributed by atoms with van der Waals surface area (Å²) in [5.41, 5.74) is 1.07. The number of aliphatic imine (C=N–C) groups is 1. The number of sulfone groups is 1. The molecule has 0 aliphatic carbocycles. The molecule has 4 nitrogen and oxygen atoms in total. The summed E-state index contributed by atoms with van der Waals surface area (Å²) in [5.74, 6) is 1.14. The smallest absolute Gasteiger partial charge is 0.159 e. The summed E-state index contributed by atoms with van der Waals surface area (Å²) in [7, 11) is -0.994. The summed E-state index contributed by atoms with van der Waals surface area (Å²) in [6.45, 7) is 0.